The lowest BCUT2D eigenvalue weighted by Gasteiger charge is -2.11. The van der Waals surface area contributed by atoms with Crippen LogP contribution in [-0.4, -0.2) is 12.5 Å². The van der Waals surface area contributed by atoms with Crippen molar-refractivity contribution >= 4 is 11.6 Å². The van der Waals surface area contributed by atoms with Crippen LogP contribution >= 0.6 is 0 Å². The predicted octanol–water partition coefficient (Wildman–Crippen LogP) is 3.44. The molecule has 20 heavy (non-hydrogen) atoms. The van der Waals surface area contributed by atoms with Gasteiger partial charge in [-0.2, -0.15) is 0 Å². The summed E-state index contributed by atoms with van der Waals surface area (Å²) in [6.45, 7) is 3.51. The summed E-state index contributed by atoms with van der Waals surface area (Å²) < 4.78 is 0. The van der Waals surface area contributed by atoms with Gasteiger partial charge < -0.3 is 10.6 Å². The van der Waals surface area contributed by atoms with Crippen molar-refractivity contribution in [2.24, 2.45) is 0 Å². The molecule has 0 bridgehead atoms. The number of para-hydroxylation sites is 1. The minimum absolute atomic E-state index is 0.0481. The second-order valence-electron chi connectivity index (χ2n) is 4.64. The quantitative estimate of drug-likeness (QED) is 0.842. The van der Waals surface area contributed by atoms with E-state index in [1.54, 1.807) is 0 Å². The molecule has 0 aliphatic heterocycles. The van der Waals surface area contributed by atoms with Crippen LogP contribution in [0.15, 0.2) is 54.6 Å². The Balaban J connectivity index is 2.01. The van der Waals surface area contributed by atoms with Crippen molar-refractivity contribution in [2.75, 3.05) is 11.9 Å². The van der Waals surface area contributed by atoms with E-state index in [1.165, 1.54) is 0 Å². The maximum atomic E-state index is 12.3. The Hall–Kier alpha value is -2.29. The number of carbonyl (C=O) groups is 1. The maximum absolute atomic E-state index is 12.3. The first kappa shape index (κ1) is 14.1. The van der Waals surface area contributed by atoms with Crippen LogP contribution in [0.1, 0.15) is 29.3 Å². The molecule has 1 amide bonds. The van der Waals surface area contributed by atoms with Gasteiger partial charge in [0.2, 0.25) is 0 Å². The molecule has 0 spiro atoms. The zero-order chi connectivity index (χ0) is 14.2. The van der Waals surface area contributed by atoms with Gasteiger partial charge in [-0.25, -0.2) is 0 Å². The van der Waals surface area contributed by atoms with Crippen LogP contribution in [0.3, 0.4) is 0 Å². The first-order valence-electron chi connectivity index (χ1n) is 6.96. The van der Waals surface area contributed by atoms with Crippen LogP contribution in [0.5, 0.6) is 0 Å². The Morgan fingerprint density at radius 2 is 1.70 bits per heavy atom. The topological polar surface area (TPSA) is 41.1 Å². The van der Waals surface area contributed by atoms with Crippen molar-refractivity contribution in [3.05, 3.63) is 65.7 Å². The van der Waals surface area contributed by atoms with Crippen LogP contribution < -0.4 is 10.6 Å². The van der Waals surface area contributed by atoms with Gasteiger partial charge in [-0.05, 0) is 24.1 Å². The Bertz CT molecular complexity index is 552. The van der Waals surface area contributed by atoms with Gasteiger partial charge in [0.15, 0.2) is 0 Å². The molecule has 104 valence electrons. The molecule has 0 saturated heterocycles. The van der Waals surface area contributed by atoms with Gasteiger partial charge in [0.25, 0.3) is 5.91 Å². The molecule has 3 nitrogen and oxygen atoms in total. The summed E-state index contributed by atoms with van der Waals surface area (Å²) in [5.41, 5.74) is 2.68. The molecule has 0 aliphatic rings. The van der Waals surface area contributed by atoms with E-state index in [1.807, 2.05) is 54.6 Å². The van der Waals surface area contributed by atoms with E-state index in [9.17, 15) is 4.79 Å². The SMILES string of the molecule is CCCNc1ccccc1C(=O)NCc1ccccc1. The van der Waals surface area contributed by atoms with E-state index < -0.39 is 0 Å². The fraction of sp³-hybridized carbons (Fsp3) is 0.235. The Morgan fingerprint density at radius 3 is 2.45 bits per heavy atom. The molecule has 0 unspecified atom stereocenters. The first-order valence-corrected chi connectivity index (χ1v) is 6.96. The summed E-state index contributed by atoms with van der Waals surface area (Å²) in [5, 5.41) is 6.23. The molecule has 0 radical (unpaired) electrons. The molecule has 2 aromatic carbocycles. The summed E-state index contributed by atoms with van der Waals surface area (Å²) >= 11 is 0. The highest BCUT2D eigenvalue weighted by Gasteiger charge is 2.09. The fourth-order valence-electron chi connectivity index (χ4n) is 1.97. The summed E-state index contributed by atoms with van der Waals surface area (Å²) in [4.78, 5) is 12.3. The summed E-state index contributed by atoms with van der Waals surface area (Å²) in [7, 11) is 0. The lowest BCUT2D eigenvalue weighted by Crippen LogP contribution is -2.24. The molecule has 2 rings (SSSR count). The van der Waals surface area contributed by atoms with Gasteiger partial charge in [0.05, 0.1) is 5.56 Å². The standard InChI is InChI=1S/C17H20N2O/c1-2-12-18-16-11-7-6-10-15(16)17(20)19-13-14-8-4-3-5-9-14/h3-11,18H,2,12-13H2,1H3,(H,19,20). The number of anilines is 1. The fourth-order valence-corrected chi connectivity index (χ4v) is 1.97. The van der Waals surface area contributed by atoms with E-state index in [4.69, 9.17) is 0 Å². The smallest absolute Gasteiger partial charge is 0.253 e. The Morgan fingerprint density at radius 1 is 1.00 bits per heavy atom. The molecule has 0 aliphatic carbocycles. The molecule has 0 saturated carbocycles. The normalized spacial score (nSPS) is 10.1. The van der Waals surface area contributed by atoms with Crippen molar-refractivity contribution in [2.45, 2.75) is 19.9 Å². The second-order valence-corrected chi connectivity index (χ2v) is 4.64. The summed E-state index contributed by atoms with van der Waals surface area (Å²) in [5.74, 6) is -0.0481. The van der Waals surface area contributed by atoms with E-state index >= 15 is 0 Å². The molecule has 0 atom stereocenters. The molecule has 2 aromatic rings. The highest BCUT2D eigenvalue weighted by molar-refractivity contribution is 5.99. The molecule has 3 heteroatoms. The van der Waals surface area contributed by atoms with E-state index in [2.05, 4.69) is 17.6 Å². The zero-order valence-corrected chi connectivity index (χ0v) is 11.7. The molecule has 0 aromatic heterocycles. The minimum atomic E-state index is -0.0481. The van der Waals surface area contributed by atoms with Crippen molar-refractivity contribution < 1.29 is 4.79 Å². The highest BCUT2D eigenvalue weighted by atomic mass is 16.1. The number of nitrogens with one attached hydrogen (secondary N) is 2. The monoisotopic (exact) mass is 268 g/mol. The van der Waals surface area contributed by atoms with Gasteiger partial charge in [-0.15, -0.1) is 0 Å². The predicted molar refractivity (Wildman–Crippen MR) is 82.8 cm³/mol. The molecular formula is C17H20N2O. The number of hydrogen-bond donors (Lipinski definition) is 2. The zero-order valence-electron chi connectivity index (χ0n) is 11.7. The minimum Gasteiger partial charge on any atom is -0.384 e. The van der Waals surface area contributed by atoms with Crippen LogP contribution in [0.25, 0.3) is 0 Å². The van der Waals surface area contributed by atoms with Crippen molar-refractivity contribution in [1.29, 1.82) is 0 Å². The van der Waals surface area contributed by atoms with Gasteiger partial charge in [0, 0.05) is 18.8 Å². The van der Waals surface area contributed by atoms with E-state index in [0.29, 0.717) is 12.1 Å². The lowest BCUT2D eigenvalue weighted by molar-refractivity contribution is 0.0951. The third-order valence-corrected chi connectivity index (χ3v) is 3.03. The molecular weight excluding hydrogens is 248 g/mol. The highest BCUT2D eigenvalue weighted by Crippen LogP contribution is 2.15. The Kier molecular flexibility index (Phi) is 5.18. The van der Waals surface area contributed by atoms with Crippen molar-refractivity contribution in [1.82, 2.24) is 5.32 Å². The molecule has 0 fully saturated rings. The molecule has 2 N–H and O–H groups in total. The second kappa shape index (κ2) is 7.34. The average molecular weight is 268 g/mol. The van der Waals surface area contributed by atoms with E-state index in [0.717, 1.165) is 24.2 Å². The third-order valence-electron chi connectivity index (χ3n) is 3.03. The number of hydrogen-bond acceptors (Lipinski definition) is 2. The largest absolute Gasteiger partial charge is 0.384 e. The number of rotatable bonds is 6. The average Bonchev–Trinajstić information content (AvgIpc) is 2.52. The summed E-state index contributed by atoms with van der Waals surface area (Å²) in [6.07, 6.45) is 1.03. The van der Waals surface area contributed by atoms with Crippen LogP contribution in [0, 0.1) is 0 Å². The van der Waals surface area contributed by atoms with Crippen molar-refractivity contribution in [3.8, 4) is 0 Å². The van der Waals surface area contributed by atoms with Crippen LogP contribution in [0.2, 0.25) is 0 Å². The lowest BCUT2D eigenvalue weighted by atomic mass is 10.1. The van der Waals surface area contributed by atoms with Gasteiger partial charge in [0.1, 0.15) is 0 Å². The van der Waals surface area contributed by atoms with Crippen LogP contribution in [-0.2, 0) is 6.54 Å². The van der Waals surface area contributed by atoms with Gasteiger partial charge in [-0.1, -0.05) is 49.4 Å². The maximum Gasteiger partial charge on any atom is 0.253 e. The molecule has 0 heterocycles. The van der Waals surface area contributed by atoms with Gasteiger partial charge in [-0.3, -0.25) is 4.79 Å². The van der Waals surface area contributed by atoms with Gasteiger partial charge >= 0.3 is 0 Å². The number of amides is 1. The van der Waals surface area contributed by atoms with E-state index in [-0.39, 0.29) is 5.91 Å². The third kappa shape index (κ3) is 3.85. The van der Waals surface area contributed by atoms with Crippen molar-refractivity contribution in [3.63, 3.8) is 0 Å². The number of benzene rings is 2. The Labute approximate surface area is 120 Å². The van der Waals surface area contributed by atoms with Crippen LogP contribution in [0.4, 0.5) is 5.69 Å². The summed E-state index contributed by atoms with van der Waals surface area (Å²) in [6, 6.07) is 17.5. The number of carbonyl (C=O) groups excluding carboxylic acids is 1. The first-order chi connectivity index (χ1) is 9.81.